The van der Waals surface area contributed by atoms with Gasteiger partial charge in [-0.25, -0.2) is 4.79 Å². The second-order valence-electron chi connectivity index (χ2n) is 1.95. The molecule has 4 nitrogen and oxygen atoms in total. The minimum atomic E-state index is -0.743. The number of ether oxygens (including phenoxy) is 2. The average molecular weight is 144 g/mol. The summed E-state index contributed by atoms with van der Waals surface area (Å²) in [4.78, 5) is 10.5. The Morgan fingerprint density at radius 1 is 1.70 bits per heavy atom. The third kappa shape index (κ3) is 1.48. The SMILES string of the molecule is CC(O)C1=CC(=O)OCO1. The van der Waals surface area contributed by atoms with Crippen LogP contribution >= 0.6 is 0 Å². The van der Waals surface area contributed by atoms with Crippen molar-refractivity contribution in [3.63, 3.8) is 0 Å². The van der Waals surface area contributed by atoms with E-state index < -0.39 is 12.1 Å². The quantitative estimate of drug-likeness (QED) is 0.517. The molecular formula is C6H8O4. The highest BCUT2D eigenvalue weighted by molar-refractivity contribution is 5.83. The van der Waals surface area contributed by atoms with Crippen LogP contribution in [0, 0.1) is 0 Å². The van der Waals surface area contributed by atoms with Crippen molar-refractivity contribution in [3.8, 4) is 0 Å². The monoisotopic (exact) mass is 144 g/mol. The molecule has 0 spiro atoms. The molecule has 1 aliphatic heterocycles. The minimum Gasteiger partial charge on any atom is -0.459 e. The van der Waals surface area contributed by atoms with Crippen LogP contribution in [0.3, 0.4) is 0 Å². The molecule has 1 atom stereocenters. The van der Waals surface area contributed by atoms with E-state index >= 15 is 0 Å². The van der Waals surface area contributed by atoms with Crippen molar-refractivity contribution < 1.29 is 19.4 Å². The van der Waals surface area contributed by atoms with Gasteiger partial charge in [-0.3, -0.25) is 0 Å². The molecule has 10 heavy (non-hydrogen) atoms. The second-order valence-corrected chi connectivity index (χ2v) is 1.95. The molecule has 0 amide bonds. The lowest BCUT2D eigenvalue weighted by molar-refractivity contribution is -0.153. The summed E-state index contributed by atoms with van der Waals surface area (Å²) < 4.78 is 9.19. The van der Waals surface area contributed by atoms with Gasteiger partial charge in [0.05, 0.1) is 6.08 Å². The zero-order chi connectivity index (χ0) is 7.56. The summed E-state index contributed by atoms with van der Waals surface area (Å²) in [5.41, 5.74) is 0. The van der Waals surface area contributed by atoms with Gasteiger partial charge in [-0.1, -0.05) is 0 Å². The van der Waals surface area contributed by atoms with Crippen molar-refractivity contribution in [1.29, 1.82) is 0 Å². The summed E-state index contributed by atoms with van der Waals surface area (Å²) >= 11 is 0. The molecule has 1 N–H and O–H groups in total. The summed E-state index contributed by atoms with van der Waals surface area (Å²) in [7, 11) is 0. The third-order valence-electron chi connectivity index (χ3n) is 1.10. The normalized spacial score (nSPS) is 20.6. The number of aliphatic hydroxyl groups excluding tert-OH is 1. The summed E-state index contributed by atoms with van der Waals surface area (Å²) in [5, 5.41) is 8.89. The Kier molecular flexibility index (Phi) is 1.91. The van der Waals surface area contributed by atoms with Gasteiger partial charge in [-0.05, 0) is 6.92 Å². The van der Waals surface area contributed by atoms with Crippen LogP contribution in [0.5, 0.6) is 0 Å². The molecule has 1 aliphatic rings. The van der Waals surface area contributed by atoms with E-state index in [1.165, 1.54) is 6.92 Å². The topological polar surface area (TPSA) is 55.8 Å². The number of hydrogen-bond acceptors (Lipinski definition) is 4. The lowest BCUT2D eigenvalue weighted by Gasteiger charge is -2.16. The van der Waals surface area contributed by atoms with Gasteiger partial charge >= 0.3 is 5.97 Å². The van der Waals surface area contributed by atoms with Gasteiger partial charge in [0.2, 0.25) is 6.79 Å². The first-order valence-electron chi connectivity index (χ1n) is 2.89. The fraction of sp³-hybridized carbons (Fsp3) is 0.500. The van der Waals surface area contributed by atoms with Crippen LogP contribution < -0.4 is 0 Å². The summed E-state index contributed by atoms with van der Waals surface area (Å²) in [6.45, 7) is 1.42. The molecule has 0 saturated carbocycles. The molecule has 0 fully saturated rings. The van der Waals surface area contributed by atoms with Gasteiger partial charge in [-0.15, -0.1) is 0 Å². The van der Waals surface area contributed by atoms with Gasteiger partial charge < -0.3 is 14.6 Å². The number of cyclic esters (lactones) is 1. The molecule has 1 heterocycles. The zero-order valence-electron chi connectivity index (χ0n) is 5.53. The first-order valence-corrected chi connectivity index (χ1v) is 2.89. The molecule has 0 aromatic rings. The maximum atomic E-state index is 10.5. The third-order valence-corrected chi connectivity index (χ3v) is 1.10. The van der Waals surface area contributed by atoms with Crippen molar-refractivity contribution in [3.05, 3.63) is 11.8 Å². The summed E-state index contributed by atoms with van der Waals surface area (Å²) in [5.74, 6) is -0.210. The second kappa shape index (κ2) is 2.70. The molecule has 0 radical (unpaired) electrons. The van der Waals surface area contributed by atoms with Gasteiger partial charge in [-0.2, -0.15) is 0 Å². The first kappa shape index (κ1) is 7.08. The Balaban J connectivity index is 2.66. The average Bonchev–Trinajstić information content (AvgIpc) is 1.88. The molecule has 0 bridgehead atoms. The van der Waals surface area contributed by atoms with Crippen LogP contribution in [0.1, 0.15) is 6.92 Å². The summed E-state index contributed by atoms with van der Waals surface area (Å²) in [6, 6.07) is 0. The number of carbonyl (C=O) groups excluding carboxylic acids is 1. The van der Waals surface area contributed by atoms with Crippen LogP contribution in [0.15, 0.2) is 11.8 Å². The van der Waals surface area contributed by atoms with Crippen molar-refractivity contribution in [1.82, 2.24) is 0 Å². The molecule has 1 unspecified atom stereocenters. The van der Waals surface area contributed by atoms with E-state index in [0.717, 1.165) is 6.08 Å². The van der Waals surface area contributed by atoms with E-state index in [-0.39, 0.29) is 12.6 Å². The molecule has 0 aliphatic carbocycles. The van der Waals surface area contributed by atoms with Crippen molar-refractivity contribution in [2.45, 2.75) is 13.0 Å². The minimum absolute atomic E-state index is 0.102. The maximum Gasteiger partial charge on any atom is 0.337 e. The number of aliphatic hydroxyl groups is 1. The molecule has 0 saturated heterocycles. The van der Waals surface area contributed by atoms with E-state index in [1.54, 1.807) is 0 Å². The van der Waals surface area contributed by atoms with Gasteiger partial charge in [0.25, 0.3) is 0 Å². The van der Waals surface area contributed by atoms with E-state index in [9.17, 15) is 4.79 Å². The predicted octanol–water partition coefficient (Wildman–Crippen LogP) is -0.218. The van der Waals surface area contributed by atoms with Crippen LogP contribution in [-0.4, -0.2) is 24.0 Å². The maximum absolute atomic E-state index is 10.5. The highest BCUT2D eigenvalue weighted by atomic mass is 16.7. The molecule has 56 valence electrons. The Morgan fingerprint density at radius 3 is 2.80 bits per heavy atom. The van der Waals surface area contributed by atoms with E-state index in [2.05, 4.69) is 4.74 Å². The molecular weight excluding hydrogens is 136 g/mol. The first-order chi connectivity index (χ1) is 4.70. The van der Waals surface area contributed by atoms with Crippen LogP contribution in [0.4, 0.5) is 0 Å². The number of hydrogen-bond donors (Lipinski definition) is 1. The Morgan fingerprint density at radius 2 is 2.40 bits per heavy atom. The fourth-order valence-corrected chi connectivity index (χ4v) is 0.596. The number of esters is 1. The summed E-state index contributed by atoms with van der Waals surface area (Å²) in [6.07, 6.45) is 0.390. The van der Waals surface area contributed by atoms with Crippen molar-refractivity contribution >= 4 is 5.97 Å². The fourth-order valence-electron chi connectivity index (χ4n) is 0.596. The Hall–Kier alpha value is -1.03. The van der Waals surface area contributed by atoms with Crippen LogP contribution in [0.2, 0.25) is 0 Å². The van der Waals surface area contributed by atoms with E-state index in [0.29, 0.717) is 0 Å². The Labute approximate surface area is 58.1 Å². The van der Waals surface area contributed by atoms with Gasteiger partial charge in [0, 0.05) is 0 Å². The highest BCUT2D eigenvalue weighted by Crippen LogP contribution is 2.08. The lowest BCUT2D eigenvalue weighted by Crippen LogP contribution is -2.19. The van der Waals surface area contributed by atoms with Crippen LogP contribution in [0.25, 0.3) is 0 Å². The molecule has 1 rings (SSSR count). The standard InChI is InChI=1S/C6H8O4/c1-4(7)5-2-6(8)10-3-9-5/h2,4,7H,3H2,1H3. The predicted molar refractivity (Wildman–Crippen MR) is 31.8 cm³/mol. The molecule has 0 aromatic heterocycles. The van der Waals surface area contributed by atoms with Crippen molar-refractivity contribution in [2.24, 2.45) is 0 Å². The highest BCUT2D eigenvalue weighted by Gasteiger charge is 2.14. The van der Waals surface area contributed by atoms with E-state index in [4.69, 9.17) is 9.84 Å². The number of carbonyl (C=O) groups is 1. The molecule has 0 aromatic carbocycles. The largest absolute Gasteiger partial charge is 0.459 e. The van der Waals surface area contributed by atoms with Crippen molar-refractivity contribution in [2.75, 3.05) is 6.79 Å². The van der Waals surface area contributed by atoms with E-state index in [1.807, 2.05) is 0 Å². The lowest BCUT2D eigenvalue weighted by atomic mass is 10.3. The van der Waals surface area contributed by atoms with Gasteiger partial charge in [0.1, 0.15) is 11.9 Å². The Bertz CT molecular complexity index is 171. The smallest absolute Gasteiger partial charge is 0.337 e. The zero-order valence-corrected chi connectivity index (χ0v) is 5.53. The molecule has 4 heteroatoms. The van der Waals surface area contributed by atoms with Gasteiger partial charge in [0.15, 0.2) is 0 Å². The number of rotatable bonds is 1. The van der Waals surface area contributed by atoms with Crippen LogP contribution in [-0.2, 0) is 14.3 Å².